The molecule has 0 aliphatic rings. The van der Waals surface area contributed by atoms with Crippen molar-refractivity contribution in [1.82, 2.24) is 0 Å². The van der Waals surface area contributed by atoms with E-state index in [1.807, 2.05) is 0 Å². The fourth-order valence-electron chi connectivity index (χ4n) is 1.76. The topological polar surface area (TPSA) is 0 Å². The summed E-state index contributed by atoms with van der Waals surface area (Å²) in [5, 5.41) is 1.67. The van der Waals surface area contributed by atoms with Gasteiger partial charge in [-0.1, -0.05) is 47.0 Å². The van der Waals surface area contributed by atoms with Crippen molar-refractivity contribution in [3.8, 4) is 0 Å². The van der Waals surface area contributed by atoms with Crippen molar-refractivity contribution in [3.63, 3.8) is 0 Å². The molecule has 0 bridgehead atoms. The third-order valence-corrected chi connectivity index (χ3v) is 6.22. The first-order chi connectivity index (χ1) is 8.74. The van der Waals surface area contributed by atoms with Gasteiger partial charge in [0, 0.05) is 10.5 Å². The summed E-state index contributed by atoms with van der Waals surface area (Å²) in [7, 11) is 0. The molecule has 0 saturated heterocycles. The third-order valence-electron chi connectivity index (χ3n) is 3.32. The number of thioether (sulfide) groups is 2. The molecule has 0 aromatic heterocycles. The van der Waals surface area contributed by atoms with Crippen LogP contribution in [0.2, 0.25) is 0 Å². The van der Waals surface area contributed by atoms with E-state index in [2.05, 4.69) is 51.2 Å². The molecule has 0 saturated carbocycles. The lowest BCUT2D eigenvalue weighted by Gasteiger charge is -2.14. The van der Waals surface area contributed by atoms with E-state index < -0.39 is 0 Å². The van der Waals surface area contributed by atoms with Crippen LogP contribution in [-0.2, 0) is 0 Å². The predicted molar refractivity (Wildman–Crippen MR) is 91.8 cm³/mol. The van der Waals surface area contributed by atoms with Gasteiger partial charge in [-0.2, -0.15) is 23.5 Å². The first-order valence-electron chi connectivity index (χ1n) is 7.77. The second-order valence-electron chi connectivity index (χ2n) is 5.07. The van der Waals surface area contributed by atoms with Crippen LogP contribution in [0.3, 0.4) is 0 Å². The predicted octanol–water partition coefficient (Wildman–Crippen LogP) is 6.20. The van der Waals surface area contributed by atoms with Crippen LogP contribution in [0, 0.1) is 6.92 Å². The van der Waals surface area contributed by atoms with Crippen LogP contribution in [0.5, 0.6) is 0 Å². The fourth-order valence-corrected chi connectivity index (χ4v) is 4.06. The van der Waals surface area contributed by atoms with E-state index in [0.717, 1.165) is 16.9 Å². The highest BCUT2D eigenvalue weighted by atomic mass is 32.2. The lowest BCUT2D eigenvalue weighted by Crippen LogP contribution is -2.02. The average molecular weight is 290 g/mol. The summed E-state index contributed by atoms with van der Waals surface area (Å²) in [4.78, 5) is 0. The summed E-state index contributed by atoms with van der Waals surface area (Å²) < 4.78 is 0. The highest BCUT2D eigenvalue weighted by molar-refractivity contribution is 8.00. The molecule has 0 aromatic carbocycles. The van der Waals surface area contributed by atoms with Gasteiger partial charge in [0.2, 0.25) is 0 Å². The molecule has 0 heterocycles. The van der Waals surface area contributed by atoms with Gasteiger partial charge in [-0.05, 0) is 43.6 Å². The Morgan fingerprint density at radius 2 is 1.67 bits per heavy atom. The van der Waals surface area contributed by atoms with Crippen molar-refractivity contribution in [1.29, 1.82) is 0 Å². The molecule has 18 heavy (non-hydrogen) atoms. The molecule has 2 atom stereocenters. The van der Waals surface area contributed by atoms with E-state index in [0.29, 0.717) is 0 Å². The molecule has 109 valence electrons. The van der Waals surface area contributed by atoms with Crippen molar-refractivity contribution in [2.45, 2.75) is 82.6 Å². The second kappa shape index (κ2) is 14.1. The van der Waals surface area contributed by atoms with E-state index in [4.69, 9.17) is 0 Å². The zero-order valence-electron chi connectivity index (χ0n) is 12.7. The van der Waals surface area contributed by atoms with Crippen LogP contribution >= 0.6 is 23.5 Å². The number of hydrogen-bond acceptors (Lipinski definition) is 2. The standard InChI is InChI=1S/C16H33S2/c1-5-8-13-18-16(7-3)12-10-9-11-14-17-15(4)6-2/h15-16H,3,5-14H2,1-2,4H3. The van der Waals surface area contributed by atoms with E-state index in [1.54, 1.807) is 0 Å². The Bertz CT molecular complexity index is 159. The molecule has 0 amide bonds. The molecule has 0 N–H and O–H groups in total. The minimum absolute atomic E-state index is 0.818. The smallest absolute Gasteiger partial charge is 0.00470 e. The summed E-state index contributed by atoms with van der Waals surface area (Å²) in [6, 6.07) is 0. The molecular weight excluding hydrogens is 256 g/mol. The van der Waals surface area contributed by atoms with Crippen LogP contribution in [0.4, 0.5) is 0 Å². The summed E-state index contributed by atoms with van der Waals surface area (Å²) in [6.07, 6.45) is 10.7. The maximum Gasteiger partial charge on any atom is 0.00470 e. The fraction of sp³-hybridized carbons (Fsp3) is 0.938. The Morgan fingerprint density at radius 1 is 0.944 bits per heavy atom. The van der Waals surface area contributed by atoms with E-state index in [9.17, 15) is 0 Å². The molecule has 2 heteroatoms. The Morgan fingerprint density at radius 3 is 2.28 bits per heavy atom. The lowest BCUT2D eigenvalue weighted by molar-refractivity contribution is 0.648. The molecule has 2 unspecified atom stereocenters. The Hall–Kier alpha value is 0.700. The lowest BCUT2D eigenvalue weighted by atomic mass is 10.1. The average Bonchev–Trinajstić information content (AvgIpc) is 2.40. The van der Waals surface area contributed by atoms with Crippen LogP contribution in [0.1, 0.15) is 72.1 Å². The van der Waals surface area contributed by atoms with E-state index in [-0.39, 0.29) is 0 Å². The summed E-state index contributed by atoms with van der Waals surface area (Å²) in [5.74, 6) is 2.69. The molecule has 1 radical (unpaired) electrons. The number of rotatable bonds is 13. The highest BCUT2D eigenvalue weighted by Gasteiger charge is 2.06. The van der Waals surface area contributed by atoms with Gasteiger partial charge >= 0.3 is 0 Å². The molecule has 0 spiro atoms. The minimum Gasteiger partial charge on any atom is -0.159 e. The maximum absolute atomic E-state index is 4.09. The van der Waals surface area contributed by atoms with Gasteiger partial charge in [-0.3, -0.25) is 0 Å². The van der Waals surface area contributed by atoms with Gasteiger partial charge in [0.15, 0.2) is 0 Å². The monoisotopic (exact) mass is 289 g/mol. The first-order valence-corrected chi connectivity index (χ1v) is 9.86. The molecule has 0 fully saturated rings. The molecule has 0 aliphatic heterocycles. The van der Waals surface area contributed by atoms with E-state index >= 15 is 0 Å². The van der Waals surface area contributed by atoms with Crippen molar-refractivity contribution in [2.24, 2.45) is 0 Å². The van der Waals surface area contributed by atoms with Crippen molar-refractivity contribution in [2.75, 3.05) is 11.5 Å². The SMILES string of the molecule is [CH2]CC(CCCCCSC(C)CC)SCCCC. The molecular formula is C16H33S2. The van der Waals surface area contributed by atoms with Gasteiger partial charge in [-0.15, -0.1) is 0 Å². The molecule has 0 aliphatic carbocycles. The minimum atomic E-state index is 0.818. The second-order valence-corrected chi connectivity index (χ2v) is 8.03. The van der Waals surface area contributed by atoms with Crippen LogP contribution in [0.25, 0.3) is 0 Å². The van der Waals surface area contributed by atoms with E-state index in [1.165, 1.54) is 56.5 Å². The number of hydrogen-bond donors (Lipinski definition) is 0. The van der Waals surface area contributed by atoms with Gasteiger partial charge < -0.3 is 0 Å². The van der Waals surface area contributed by atoms with Crippen molar-refractivity contribution >= 4 is 23.5 Å². The molecule has 0 nitrogen and oxygen atoms in total. The zero-order valence-corrected chi connectivity index (χ0v) is 14.4. The van der Waals surface area contributed by atoms with Gasteiger partial charge in [0.1, 0.15) is 0 Å². The first kappa shape index (κ1) is 18.7. The normalized spacial score (nSPS) is 14.7. The summed E-state index contributed by atoms with van der Waals surface area (Å²) >= 11 is 4.29. The quantitative estimate of drug-likeness (QED) is 0.370. The summed E-state index contributed by atoms with van der Waals surface area (Å²) in [6.45, 7) is 11.0. The molecule has 0 rings (SSSR count). The van der Waals surface area contributed by atoms with Crippen LogP contribution in [0.15, 0.2) is 0 Å². The van der Waals surface area contributed by atoms with Crippen molar-refractivity contribution in [3.05, 3.63) is 6.92 Å². The van der Waals surface area contributed by atoms with Crippen LogP contribution < -0.4 is 0 Å². The Balaban J connectivity index is 3.33. The van der Waals surface area contributed by atoms with Gasteiger partial charge in [0.05, 0.1) is 0 Å². The maximum atomic E-state index is 4.09. The zero-order chi connectivity index (χ0) is 13.6. The molecule has 0 aromatic rings. The van der Waals surface area contributed by atoms with Gasteiger partial charge in [0.25, 0.3) is 0 Å². The van der Waals surface area contributed by atoms with Crippen molar-refractivity contribution < 1.29 is 0 Å². The Labute approximate surface area is 124 Å². The summed E-state index contributed by atoms with van der Waals surface area (Å²) in [5.41, 5.74) is 0. The van der Waals surface area contributed by atoms with Crippen LogP contribution in [-0.4, -0.2) is 22.0 Å². The number of unbranched alkanes of at least 4 members (excludes halogenated alkanes) is 3. The third kappa shape index (κ3) is 11.8. The Kier molecular flexibility index (Phi) is 14.7. The highest BCUT2D eigenvalue weighted by Crippen LogP contribution is 2.22. The largest absolute Gasteiger partial charge is 0.159 e. The van der Waals surface area contributed by atoms with Gasteiger partial charge in [-0.25, -0.2) is 0 Å².